The van der Waals surface area contributed by atoms with Crippen molar-refractivity contribution >= 4 is 11.9 Å². The molecule has 1 heterocycles. The maximum absolute atomic E-state index is 11.9. The van der Waals surface area contributed by atoms with Crippen LogP contribution in [0, 0.1) is 0 Å². The summed E-state index contributed by atoms with van der Waals surface area (Å²) < 4.78 is 1.59. The fourth-order valence-corrected chi connectivity index (χ4v) is 2.56. The summed E-state index contributed by atoms with van der Waals surface area (Å²) in [6.45, 7) is 0.471. The summed E-state index contributed by atoms with van der Waals surface area (Å²) in [5.41, 5.74) is 0.644. The number of nitrogens with one attached hydrogen (secondary N) is 1. The highest BCUT2D eigenvalue weighted by atomic mass is 16.4. The normalized spacial score (nSPS) is 15.8. The molecule has 0 spiro atoms. The third-order valence-electron chi connectivity index (χ3n) is 3.72. The topological polar surface area (TPSA) is 97.1 Å². The van der Waals surface area contributed by atoms with E-state index in [4.69, 9.17) is 5.11 Å². The van der Waals surface area contributed by atoms with Crippen molar-refractivity contribution in [2.75, 3.05) is 0 Å². The minimum absolute atomic E-state index is 0.0425. The molecule has 0 bridgehead atoms. The van der Waals surface area contributed by atoms with Gasteiger partial charge >= 0.3 is 5.97 Å². The molecule has 0 radical (unpaired) electrons. The van der Waals surface area contributed by atoms with E-state index in [2.05, 4.69) is 15.6 Å². The van der Waals surface area contributed by atoms with Gasteiger partial charge in [-0.25, -0.2) is 0 Å². The van der Waals surface area contributed by atoms with E-state index < -0.39 is 5.97 Å². The maximum atomic E-state index is 11.9. The second kappa shape index (κ2) is 7.75. The SMILES string of the molecule is O=C(O)CCc1cn(CCC(=O)NC2CCCCC2)nn1. The second-order valence-electron chi connectivity index (χ2n) is 5.52. The van der Waals surface area contributed by atoms with Crippen molar-refractivity contribution in [3.8, 4) is 0 Å². The van der Waals surface area contributed by atoms with Gasteiger partial charge in [-0.05, 0) is 12.8 Å². The Morgan fingerprint density at radius 2 is 2.05 bits per heavy atom. The average molecular weight is 294 g/mol. The van der Waals surface area contributed by atoms with Gasteiger partial charge in [-0.1, -0.05) is 24.5 Å². The Morgan fingerprint density at radius 3 is 2.76 bits per heavy atom. The molecule has 1 saturated carbocycles. The third kappa shape index (κ3) is 5.53. The monoisotopic (exact) mass is 294 g/mol. The van der Waals surface area contributed by atoms with Crippen molar-refractivity contribution in [1.82, 2.24) is 20.3 Å². The summed E-state index contributed by atoms with van der Waals surface area (Å²) in [6.07, 6.45) is 8.30. The van der Waals surface area contributed by atoms with Crippen LogP contribution in [0.1, 0.15) is 50.6 Å². The minimum Gasteiger partial charge on any atom is -0.481 e. The largest absolute Gasteiger partial charge is 0.481 e. The minimum atomic E-state index is -0.851. The molecule has 1 amide bonds. The molecule has 116 valence electrons. The highest BCUT2D eigenvalue weighted by molar-refractivity contribution is 5.76. The van der Waals surface area contributed by atoms with E-state index in [0.29, 0.717) is 31.1 Å². The zero-order valence-electron chi connectivity index (χ0n) is 12.1. The standard InChI is InChI=1S/C14H22N4O3/c19-13(15-11-4-2-1-3-5-11)8-9-18-10-12(16-17-18)6-7-14(20)21/h10-11H,1-9H2,(H,15,19)(H,20,21). The van der Waals surface area contributed by atoms with Gasteiger partial charge in [0.25, 0.3) is 0 Å². The maximum Gasteiger partial charge on any atom is 0.303 e. The molecular formula is C14H22N4O3. The Bertz CT molecular complexity index is 480. The molecule has 0 unspecified atom stereocenters. The molecule has 21 heavy (non-hydrogen) atoms. The van der Waals surface area contributed by atoms with Crippen LogP contribution in [-0.4, -0.2) is 38.0 Å². The van der Waals surface area contributed by atoms with Crippen LogP contribution in [0.3, 0.4) is 0 Å². The van der Waals surface area contributed by atoms with E-state index in [9.17, 15) is 9.59 Å². The molecule has 7 heteroatoms. The molecule has 0 saturated heterocycles. The Labute approximate surface area is 123 Å². The zero-order chi connectivity index (χ0) is 15.1. The van der Waals surface area contributed by atoms with Crippen LogP contribution in [0.2, 0.25) is 0 Å². The summed E-state index contributed by atoms with van der Waals surface area (Å²) in [5, 5.41) is 19.5. The van der Waals surface area contributed by atoms with Gasteiger partial charge in [0.1, 0.15) is 0 Å². The zero-order valence-corrected chi connectivity index (χ0v) is 12.1. The van der Waals surface area contributed by atoms with E-state index in [1.165, 1.54) is 19.3 Å². The van der Waals surface area contributed by atoms with Crippen LogP contribution in [0.5, 0.6) is 0 Å². The molecule has 1 aliphatic carbocycles. The number of carboxylic acids is 1. The molecule has 7 nitrogen and oxygen atoms in total. The van der Waals surface area contributed by atoms with Gasteiger partial charge in [-0.3, -0.25) is 14.3 Å². The molecule has 1 aliphatic rings. The van der Waals surface area contributed by atoms with Crippen molar-refractivity contribution in [1.29, 1.82) is 0 Å². The Hall–Kier alpha value is -1.92. The van der Waals surface area contributed by atoms with Gasteiger partial charge in [-0.2, -0.15) is 0 Å². The lowest BCUT2D eigenvalue weighted by molar-refractivity contribution is -0.137. The summed E-state index contributed by atoms with van der Waals surface area (Å²) in [7, 11) is 0. The molecule has 2 rings (SSSR count). The lowest BCUT2D eigenvalue weighted by Crippen LogP contribution is -2.36. The van der Waals surface area contributed by atoms with Crippen molar-refractivity contribution in [3.63, 3.8) is 0 Å². The molecule has 1 fully saturated rings. The number of aliphatic carboxylic acids is 1. The lowest BCUT2D eigenvalue weighted by Gasteiger charge is -2.22. The molecule has 1 aromatic heterocycles. The lowest BCUT2D eigenvalue weighted by atomic mass is 9.95. The summed E-state index contributed by atoms with van der Waals surface area (Å²) in [6, 6.07) is 0.327. The van der Waals surface area contributed by atoms with Gasteiger partial charge in [0.15, 0.2) is 0 Å². The van der Waals surface area contributed by atoms with Crippen LogP contribution in [0.15, 0.2) is 6.20 Å². The first-order valence-corrected chi connectivity index (χ1v) is 7.53. The molecular weight excluding hydrogens is 272 g/mol. The van der Waals surface area contributed by atoms with Gasteiger partial charge in [0.2, 0.25) is 5.91 Å². The summed E-state index contributed by atoms with van der Waals surface area (Å²) >= 11 is 0. The predicted octanol–water partition coefficient (Wildman–Crippen LogP) is 1.13. The second-order valence-corrected chi connectivity index (χ2v) is 5.52. The first-order valence-electron chi connectivity index (χ1n) is 7.53. The summed E-state index contributed by atoms with van der Waals surface area (Å²) in [4.78, 5) is 22.3. The number of aryl methyl sites for hydroxylation is 2. The summed E-state index contributed by atoms with van der Waals surface area (Å²) in [5.74, 6) is -0.805. The number of hydrogen-bond acceptors (Lipinski definition) is 4. The van der Waals surface area contributed by atoms with Crippen LogP contribution in [-0.2, 0) is 22.6 Å². The quantitative estimate of drug-likeness (QED) is 0.786. The van der Waals surface area contributed by atoms with Crippen LogP contribution < -0.4 is 5.32 Å². The number of aromatic nitrogens is 3. The Morgan fingerprint density at radius 1 is 1.29 bits per heavy atom. The van der Waals surface area contributed by atoms with Gasteiger partial charge in [0, 0.05) is 25.1 Å². The van der Waals surface area contributed by atoms with Crippen LogP contribution in [0.25, 0.3) is 0 Å². The van der Waals surface area contributed by atoms with E-state index in [-0.39, 0.29) is 12.3 Å². The molecule has 2 N–H and O–H groups in total. The van der Waals surface area contributed by atoms with E-state index in [1.807, 2.05) is 0 Å². The first kappa shape index (κ1) is 15.5. The number of carbonyl (C=O) groups excluding carboxylic acids is 1. The van der Waals surface area contributed by atoms with Crippen molar-refractivity contribution in [2.45, 2.75) is 64.0 Å². The Balaban J connectivity index is 1.69. The smallest absolute Gasteiger partial charge is 0.303 e. The number of carboxylic acid groups (broad SMARTS) is 1. The van der Waals surface area contributed by atoms with Crippen LogP contribution >= 0.6 is 0 Å². The molecule has 0 aromatic carbocycles. The van der Waals surface area contributed by atoms with E-state index in [1.54, 1.807) is 10.9 Å². The number of amides is 1. The van der Waals surface area contributed by atoms with Gasteiger partial charge in [-0.15, -0.1) is 5.10 Å². The van der Waals surface area contributed by atoms with E-state index >= 15 is 0 Å². The third-order valence-corrected chi connectivity index (χ3v) is 3.72. The van der Waals surface area contributed by atoms with E-state index in [0.717, 1.165) is 12.8 Å². The number of nitrogens with zero attached hydrogens (tertiary/aromatic N) is 3. The van der Waals surface area contributed by atoms with Crippen LogP contribution in [0.4, 0.5) is 0 Å². The van der Waals surface area contributed by atoms with Crippen molar-refractivity contribution in [2.24, 2.45) is 0 Å². The number of carbonyl (C=O) groups is 2. The molecule has 1 aromatic rings. The van der Waals surface area contributed by atoms with Gasteiger partial charge in [0.05, 0.1) is 18.7 Å². The fourth-order valence-electron chi connectivity index (χ4n) is 2.56. The van der Waals surface area contributed by atoms with Gasteiger partial charge < -0.3 is 10.4 Å². The Kier molecular flexibility index (Phi) is 5.71. The molecule has 0 aliphatic heterocycles. The average Bonchev–Trinajstić information content (AvgIpc) is 2.92. The molecule has 0 atom stereocenters. The fraction of sp³-hybridized carbons (Fsp3) is 0.714. The highest BCUT2D eigenvalue weighted by Crippen LogP contribution is 2.17. The predicted molar refractivity (Wildman–Crippen MR) is 75.6 cm³/mol. The number of hydrogen-bond donors (Lipinski definition) is 2. The van der Waals surface area contributed by atoms with Crippen molar-refractivity contribution in [3.05, 3.63) is 11.9 Å². The highest BCUT2D eigenvalue weighted by Gasteiger charge is 2.15. The number of rotatable bonds is 7. The first-order chi connectivity index (χ1) is 10.1. The van der Waals surface area contributed by atoms with Crippen molar-refractivity contribution < 1.29 is 14.7 Å².